The van der Waals surface area contributed by atoms with Crippen molar-refractivity contribution in [3.63, 3.8) is 0 Å². The van der Waals surface area contributed by atoms with Crippen molar-refractivity contribution in [2.75, 3.05) is 17.7 Å². The van der Waals surface area contributed by atoms with E-state index in [0.29, 0.717) is 22.7 Å². The zero-order valence-electron chi connectivity index (χ0n) is 12.0. The van der Waals surface area contributed by atoms with Gasteiger partial charge in [-0.2, -0.15) is 5.26 Å². The Morgan fingerprint density at radius 2 is 2.05 bits per heavy atom. The van der Waals surface area contributed by atoms with Gasteiger partial charge in [0.2, 0.25) is 5.91 Å². The fraction of sp³-hybridized carbons (Fsp3) is 0.429. The van der Waals surface area contributed by atoms with Gasteiger partial charge in [-0.25, -0.2) is 0 Å². The molecule has 0 fully saturated rings. The third-order valence-corrected chi connectivity index (χ3v) is 2.70. The van der Waals surface area contributed by atoms with E-state index in [-0.39, 0.29) is 5.91 Å². The molecule has 2 atom stereocenters. The third-order valence-electron chi connectivity index (χ3n) is 2.70. The van der Waals surface area contributed by atoms with Crippen LogP contribution in [0.4, 0.5) is 11.4 Å². The largest absolute Gasteiger partial charge is 0.495 e. The maximum atomic E-state index is 11.2. The van der Waals surface area contributed by atoms with Crippen molar-refractivity contribution in [3.8, 4) is 11.8 Å². The molecule has 2 unspecified atom stereocenters. The molecule has 108 valence electrons. The molecular formula is C14H19N3O3. The third kappa shape index (κ3) is 3.87. The van der Waals surface area contributed by atoms with E-state index in [2.05, 4.69) is 16.7 Å². The minimum Gasteiger partial charge on any atom is -0.495 e. The molecule has 1 amide bonds. The Labute approximate surface area is 118 Å². The molecule has 0 heterocycles. The van der Waals surface area contributed by atoms with Gasteiger partial charge in [-0.15, -0.1) is 0 Å². The minimum atomic E-state index is -0.756. The Bertz CT molecular complexity index is 535. The number of nitrogens with zero attached hydrogens (tertiary/aromatic N) is 1. The van der Waals surface area contributed by atoms with Gasteiger partial charge in [0, 0.05) is 18.2 Å². The maximum Gasteiger partial charge on any atom is 0.221 e. The number of carbonyl (C=O) groups is 1. The number of carbonyl (C=O) groups excluding carboxylic acids is 1. The Balaban J connectivity index is 3.30. The SMILES string of the molecule is COc1cc(C(C)O)c(NC(C)=O)cc1NC(C)C#N. The molecule has 6 nitrogen and oxygen atoms in total. The topological polar surface area (TPSA) is 94.4 Å². The van der Waals surface area contributed by atoms with Crippen LogP contribution in [0.3, 0.4) is 0 Å². The van der Waals surface area contributed by atoms with Crippen LogP contribution in [0.15, 0.2) is 12.1 Å². The highest BCUT2D eigenvalue weighted by Crippen LogP contribution is 2.35. The summed E-state index contributed by atoms with van der Waals surface area (Å²) in [6.07, 6.45) is -0.756. The number of aliphatic hydroxyl groups excluding tert-OH is 1. The van der Waals surface area contributed by atoms with E-state index in [1.165, 1.54) is 14.0 Å². The summed E-state index contributed by atoms with van der Waals surface area (Å²) in [5.41, 5.74) is 1.61. The fourth-order valence-corrected chi connectivity index (χ4v) is 1.79. The van der Waals surface area contributed by atoms with Crippen LogP contribution in [0, 0.1) is 11.3 Å². The second-order valence-corrected chi connectivity index (χ2v) is 4.49. The molecule has 0 aliphatic heterocycles. The molecule has 0 aliphatic rings. The highest BCUT2D eigenvalue weighted by atomic mass is 16.5. The molecule has 0 aliphatic carbocycles. The zero-order valence-corrected chi connectivity index (χ0v) is 12.0. The molecule has 1 rings (SSSR count). The number of nitriles is 1. The quantitative estimate of drug-likeness (QED) is 0.765. The first-order valence-electron chi connectivity index (χ1n) is 6.22. The lowest BCUT2D eigenvalue weighted by molar-refractivity contribution is -0.114. The fourth-order valence-electron chi connectivity index (χ4n) is 1.79. The van der Waals surface area contributed by atoms with Crippen LogP contribution in [0.1, 0.15) is 32.4 Å². The summed E-state index contributed by atoms with van der Waals surface area (Å²) in [4.78, 5) is 11.2. The summed E-state index contributed by atoms with van der Waals surface area (Å²) in [5.74, 6) is 0.258. The van der Waals surface area contributed by atoms with Gasteiger partial charge in [-0.1, -0.05) is 0 Å². The van der Waals surface area contributed by atoms with Gasteiger partial charge in [0.1, 0.15) is 11.8 Å². The van der Waals surface area contributed by atoms with Crippen LogP contribution in [-0.4, -0.2) is 24.2 Å². The van der Waals surface area contributed by atoms with E-state index in [0.717, 1.165) is 0 Å². The van der Waals surface area contributed by atoms with Crippen LogP contribution < -0.4 is 15.4 Å². The number of amides is 1. The van der Waals surface area contributed by atoms with Gasteiger partial charge in [0.15, 0.2) is 0 Å². The number of hydrogen-bond acceptors (Lipinski definition) is 5. The molecule has 20 heavy (non-hydrogen) atoms. The van der Waals surface area contributed by atoms with Crippen molar-refractivity contribution in [2.24, 2.45) is 0 Å². The van der Waals surface area contributed by atoms with Gasteiger partial charge in [-0.05, 0) is 26.0 Å². The van der Waals surface area contributed by atoms with Gasteiger partial charge in [-0.3, -0.25) is 4.79 Å². The number of anilines is 2. The van der Waals surface area contributed by atoms with Crippen LogP contribution in [0.25, 0.3) is 0 Å². The molecular weight excluding hydrogens is 258 g/mol. The molecule has 6 heteroatoms. The summed E-state index contributed by atoms with van der Waals surface area (Å²) >= 11 is 0. The Morgan fingerprint density at radius 3 is 2.50 bits per heavy atom. The van der Waals surface area contributed by atoms with Gasteiger partial charge >= 0.3 is 0 Å². The summed E-state index contributed by atoms with van der Waals surface area (Å²) in [6.45, 7) is 4.70. The monoisotopic (exact) mass is 277 g/mol. The number of benzene rings is 1. The number of aliphatic hydroxyl groups is 1. The zero-order chi connectivity index (χ0) is 15.3. The van der Waals surface area contributed by atoms with Gasteiger partial charge < -0.3 is 20.5 Å². The summed E-state index contributed by atoms with van der Waals surface area (Å²) < 4.78 is 5.25. The van der Waals surface area contributed by atoms with Gasteiger partial charge in [0.25, 0.3) is 0 Å². The highest BCUT2D eigenvalue weighted by Gasteiger charge is 2.16. The molecule has 0 saturated heterocycles. The summed E-state index contributed by atoms with van der Waals surface area (Å²) in [6, 6.07) is 4.94. The molecule has 0 saturated carbocycles. The van der Waals surface area contributed by atoms with Crippen LogP contribution in [0.5, 0.6) is 5.75 Å². The van der Waals surface area contributed by atoms with Crippen LogP contribution >= 0.6 is 0 Å². The highest BCUT2D eigenvalue weighted by molar-refractivity contribution is 5.91. The lowest BCUT2D eigenvalue weighted by atomic mass is 10.1. The summed E-state index contributed by atoms with van der Waals surface area (Å²) in [5, 5.41) is 24.3. The number of nitrogens with one attached hydrogen (secondary N) is 2. The molecule has 0 aromatic heterocycles. The molecule has 3 N–H and O–H groups in total. The molecule has 1 aromatic rings. The number of hydrogen-bond donors (Lipinski definition) is 3. The van der Waals surface area contributed by atoms with Crippen molar-refractivity contribution in [1.82, 2.24) is 0 Å². The standard InChI is InChI=1S/C14H19N3O3/c1-8(7-15)16-13-6-12(17-10(3)19)11(9(2)18)5-14(13)20-4/h5-6,8-9,16,18H,1-4H3,(H,17,19). The smallest absolute Gasteiger partial charge is 0.221 e. The van der Waals surface area contributed by atoms with Crippen molar-refractivity contribution in [1.29, 1.82) is 5.26 Å². The van der Waals surface area contributed by atoms with Gasteiger partial charge in [0.05, 0.1) is 25.0 Å². The lowest BCUT2D eigenvalue weighted by Gasteiger charge is -2.19. The number of methoxy groups -OCH3 is 1. The average molecular weight is 277 g/mol. The first-order valence-corrected chi connectivity index (χ1v) is 6.22. The van der Waals surface area contributed by atoms with E-state index >= 15 is 0 Å². The first kappa shape index (κ1) is 15.8. The maximum absolute atomic E-state index is 11.2. The Morgan fingerprint density at radius 1 is 1.40 bits per heavy atom. The lowest BCUT2D eigenvalue weighted by Crippen LogP contribution is -2.15. The number of ether oxygens (including phenoxy) is 1. The summed E-state index contributed by atoms with van der Waals surface area (Å²) in [7, 11) is 1.50. The molecule has 1 aromatic carbocycles. The second-order valence-electron chi connectivity index (χ2n) is 4.49. The molecule has 0 spiro atoms. The van der Waals surface area contributed by atoms with E-state index in [9.17, 15) is 9.90 Å². The first-order chi connectivity index (χ1) is 9.38. The second kappa shape index (κ2) is 6.78. The van der Waals surface area contributed by atoms with Crippen molar-refractivity contribution in [3.05, 3.63) is 17.7 Å². The number of rotatable bonds is 5. The average Bonchev–Trinajstić information content (AvgIpc) is 2.37. The van der Waals surface area contributed by atoms with E-state index in [1.807, 2.05) is 0 Å². The normalized spacial score (nSPS) is 13.0. The molecule has 0 radical (unpaired) electrons. The van der Waals surface area contributed by atoms with Crippen molar-refractivity contribution in [2.45, 2.75) is 32.9 Å². The van der Waals surface area contributed by atoms with Crippen LogP contribution in [-0.2, 0) is 4.79 Å². The van der Waals surface area contributed by atoms with E-state index in [1.54, 1.807) is 26.0 Å². The predicted molar refractivity (Wildman–Crippen MR) is 76.6 cm³/mol. The predicted octanol–water partition coefficient (Wildman–Crippen LogP) is 2.03. The van der Waals surface area contributed by atoms with Crippen LogP contribution in [0.2, 0.25) is 0 Å². The van der Waals surface area contributed by atoms with Crippen molar-refractivity contribution >= 4 is 17.3 Å². The van der Waals surface area contributed by atoms with E-state index < -0.39 is 12.1 Å². The minimum absolute atomic E-state index is 0.239. The van der Waals surface area contributed by atoms with E-state index in [4.69, 9.17) is 10.00 Å². The van der Waals surface area contributed by atoms with Crippen molar-refractivity contribution < 1.29 is 14.6 Å². The molecule has 0 bridgehead atoms. The Hall–Kier alpha value is -2.26. The Kier molecular flexibility index (Phi) is 5.35.